The third kappa shape index (κ3) is 3.76. The van der Waals surface area contributed by atoms with E-state index in [0.29, 0.717) is 11.3 Å². The lowest BCUT2D eigenvalue weighted by atomic mass is 9.94. The maximum Gasteiger partial charge on any atom is 0.327 e. The fourth-order valence-corrected chi connectivity index (χ4v) is 5.37. The molecule has 2 amide bonds. The van der Waals surface area contributed by atoms with Crippen molar-refractivity contribution in [3.05, 3.63) is 29.8 Å². The molecule has 2 heterocycles. The molecule has 1 aromatic rings. The predicted octanol–water partition coefficient (Wildman–Crippen LogP) is 0.885. The molecule has 10 heteroatoms. The molecule has 4 unspecified atom stereocenters. The number of hydrogen-bond donors (Lipinski definition) is 3. The highest BCUT2D eigenvalue weighted by Crippen LogP contribution is 2.50. The van der Waals surface area contributed by atoms with Crippen LogP contribution < -0.4 is 10.1 Å². The Morgan fingerprint density at radius 1 is 1.24 bits per heavy atom. The minimum atomic E-state index is -1.16. The number of hydrogen-bond acceptors (Lipinski definition) is 6. The third-order valence-corrected chi connectivity index (χ3v) is 6.77. The number of rotatable bonds is 7. The molecule has 0 aliphatic carbocycles. The first-order valence-electron chi connectivity index (χ1n) is 8.95. The number of carboxylic acid groups (broad SMARTS) is 2. The molecule has 0 saturated carbocycles. The van der Waals surface area contributed by atoms with Crippen LogP contribution in [0.1, 0.15) is 31.7 Å². The van der Waals surface area contributed by atoms with E-state index in [4.69, 9.17) is 4.74 Å². The summed E-state index contributed by atoms with van der Waals surface area (Å²) in [6, 6.07) is 4.55. The van der Waals surface area contributed by atoms with Crippen molar-refractivity contribution >= 4 is 35.5 Å². The summed E-state index contributed by atoms with van der Waals surface area (Å²) in [5.74, 6) is -3.81. The number of carbonyl (C=O) groups is 4. The summed E-state index contributed by atoms with van der Waals surface area (Å²) < 4.78 is 4.35. The van der Waals surface area contributed by atoms with Gasteiger partial charge in [0.2, 0.25) is 11.8 Å². The standard InChI is InChI=1S/C19H22N2O7S/c1-19(2)14(18(26)27)21-15(23)13(16(21)29-19)20-12(22)8-11(17(24)25)9-4-6-10(28-3)7-5-9/h4-7,11,13-14,16H,8H2,1-3H3,(H,20,22)(H,24,25)(H,26,27). The normalized spacial score (nSPS) is 25.6. The van der Waals surface area contributed by atoms with E-state index in [1.54, 1.807) is 38.1 Å². The molecule has 0 aromatic heterocycles. The average Bonchev–Trinajstić information content (AvgIpc) is 2.92. The van der Waals surface area contributed by atoms with Crippen molar-refractivity contribution in [2.24, 2.45) is 0 Å². The summed E-state index contributed by atoms with van der Waals surface area (Å²) in [5, 5.41) is 21.1. The van der Waals surface area contributed by atoms with Gasteiger partial charge in [-0.15, -0.1) is 11.8 Å². The number of benzene rings is 1. The molecular formula is C19H22N2O7S. The van der Waals surface area contributed by atoms with E-state index in [9.17, 15) is 29.4 Å². The van der Waals surface area contributed by atoms with Crippen LogP contribution in [0.2, 0.25) is 0 Å². The number of fused-ring (bicyclic) bond motifs is 1. The highest BCUT2D eigenvalue weighted by molar-refractivity contribution is 8.01. The monoisotopic (exact) mass is 422 g/mol. The van der Waals surface area contributed by atoms with E-state index in [1.807, 2.05) is 0 Å². The summed E-state index contributed by atoms with van der Waals surface area (Å²) in [5.41, 5.74) is 0.442. The lowest BCUT2D eigenvalue weighted by Crippen LogP contribution is -2.70. The van der Waals surface area contributed by atoms with Gasteiger partial charge in [-0.25, -0.2) is 4.79 Å². The molecule has 2 fully saturated rings. The number of carbonyl (C=O) groups excluding carboxylic acids is 2. The molecule has 9 nitrogen and oxygen atoms in total. The molecule has 2 aliphatic heterocycles. The quantitative estimate of drug-likeness (QED) is 0.552. The summed E-state index contributed by atoms with van der Waals surface area (Å²) >= 11 is 1.31. The molecule has 4 atom stereocenters. The van der Waals surface area contributed by atoms with Crippen molar-refractivity contribution in [3.63, 3.8) is 0 Å². The van der Waals surface area contributed by atoms with Gasteiger partial charge in [-0.05, 0) is 31.5 Å². The van der Waals surface area contributed by atoms with Gasteiger partial charge < -0.3 is 25.2 Å². The number of thioether (sulfide) groups is 1. The lowest BCUT2D eigenvalue weighted by Gasteiger charge is -2.43. The van der Waals surface area contributed by atoms with Crippen molar-refractivity contribution in [2.75, 3.05) is 7.11 Å². The van der Waals surface area contributed by atoms with Gasteiger partial charge in [0, 0.05) is 11.2 Å². The second kappa shape index (κ2) is 7.58. The fraction of sp³-hybridized carbons (Fsp3) is 0.474. The summed E-state index contributed by atoms with van der Waals surface area (Å²) in [6.07, 6.45) is -0.339. The van der Waals surface area contributed by atoms with Gasteiger partial charge in [0.15, 0.2) is 0 Å². The van der Waals surface area contributed by atoms with Crippen LogP contribution in [-0.4, -0.2) is 68.2 Å². The molecule has 2 saturated heterocycles. The molecule has 0 radical (unpaired) electrons. The van der Waals surface area contributed by atoms with Crippen LogP contribution in [0.4, 0.5) is 0 Å². The largest absolute Gasteiger partial charge is 0.497 e. The fourth-order valence-electron chi connectivity index (χ4n) is 3.75. The van der Waals surface area contributed by atoms with E-state index < -0.39 is 51.9 Å². The lowest BCUT2D eigenvalue weighted by molar-refractivity contribution is -0.161. The van der Waals surface area contributed by atoms with Gasteiger partial charge in [-0.1, -0.05) is 12.1 Å². The van der Waals surface area contributed by atoms with Gasteiger partial charge in [0.25, 0.3) is 0 Å². The van der Waals surface area contributed by atoms with Crippen molar-refractivity contribution in [3.8, 4) is 5.75 Å². The molecule has 3 rings (SSSR count). The summed E-state index contributed by atoms with van der Waals surface area (Å²) in [6.45, 7) is 3.48. The highest BCUT2D eigenvalue weighted by atomic mass is 32.2. The number of nitrogens with one attached hydrogen (secondary N) is 1. The van der Waals surface area contributed by atoms with E-state index >= 15 is 0 Å². The van der Waals surface area contributed by atoms with Gasteiger partial charge in [-0.3, -0.25) is 14.4 Å². The van der Waals surface area contributed by atoms with Crippen LogP contribution in [-0.2, 0) is 19.2 Å². The zero-order valence-electron chi connectivity index (χ0n) is 16.1. The Labute approximate surface area is 171 Å². The average molecular weight is 422 g/mol. The topological polar surface area (TPSA) is 133 Å². The number of aliphatic carboxylic acids is 2. The third-order valence-electron chi connectivity index (χ3n) is 5.20. The molecule has 0 bridgehead atoms. The second-order valence-electron chi connectivity index (χ2n) is 7.51. The number of β-lactam (4-membered cyclic amide) rings is 1. The van der Waals surface area contributed by atoms with Crippen LogP contribution in [0.15, 0.2) is 24.3 Å². The molecular weight excluding hydrogens is 400 g/mol. The van der Waals surface area contributed by atoms with Gasteiger partial charge in [0.1, 0.15) is 23.2 Å². The molecule has 3 N–H and O–H groups in total. The number of methoxy groups -OCH3 is 1. The molecule has 0 spiro atoms. The first-order valence-corrected chi connectivity index (χ1v) is 9.83. The molecule has 2 aliphatic rings. The van der Waals surface area contributed by atoms with Crippen LogP contribution in [0.25, 0.3) is 0 Å². The van der Waals surface area contributed by atoms with Crippen LogP contribution >= 0.6 is 11.8 Å². The van der Waals surface area contributed by atoms with Crippen LogP contribution in [0, 0.1) is 0 Å². The van der Waals surface area contributed by atoms with Crippen molar-refractivity contribution in [1.29, 1.82) is 0 Å². The summed E-state index contributed by atoms with van der Waals surface area (Å²) in [7, 11) is 1.49. The minimum absolute atomic E-state index is 0.339. The van der Waals surface area contributed by atoms with Crippen molar-refractivity contribution < 1.29 is 34.1 Å². The summed E-state index contributed by atoms with van der Waals surface area (Å²) in [4.78, 5) is 49.4. The SMILES string of the molecule is COc1ccc(C(CC(=O)NC2C(=O)N3C2SC(C)(C)C3C(=O)O)C(=O)O)cc1. The first-order chi connectivity index (χ1) is 13.6. The number of nitrogens with zero attached hydrogens (tertiary/aromatic N) is 1. The van der Waals surface area contributed by atoms with Crippen LogP contribution in [0.3, 0.4) is 0 Å². The van der Waals surface area contributed by atoms with Crippen molar-refractivity contribution in [2.45, 2.75) is 48.4 Å². The first kappa shape index (κ1) is 21.0. The Bertz CT molecular complexity index is 855. The zero-order chi connectivity index (χ0) is 21.5. The number of ether oxygens (including phenoxy) is 1. The van der Waals surface area contributed by atoms with E-state index in [0.717, 1.165) is 0 Å². The predicted molar refractivity (Wildman–Crippen MR) is 104 cm³/mol. The van der Waals surface area contributed by atoms with E-state index in [1.165, 1.54) is 23.8 Å². The van der Waals surface area contributed by atoms with E-state index in [-0.39, 0.29) is 6.42 Å². The van der Waals surface area contributed by atoms with Gasteiger partial charge in [0.05, 0.1) is 13.0 Å². The Kier molecular flexibility index (Phi) is 5.48. The van der Waals surface area contributed by atoms with Crippen molar-refractivity contribution in [1.82, 2.24) is 10.2 Å². The Morgan fingerprint density at radius 2 is 1.86 bits per heavy atom. The Balaban J connectivity index is 1.68. The number of amides is 2. The minimum Gasteiger partial charge on any atom is -0.497 e. The van der Waals surface area contributed by atoms with Gasteiger partial charge >= 0.3 is 11.9 Å². The molecule has 156 valence electrons. The Hall–Kier alpha value is -2.75. The van der Waals surface area contributed by atoms with E-state index in [2.05, 4.69) is 5.32 Å². The van der Waals surface area contributed by atoms with Crippen LogP contribution in [0.5, 0.6) is 5.75 Å². The maximum absolute atomic E-state index is 12.5. The molecule has 29 heavy (non-hydrogen) atoms. The Morgan fingerprint density at radius 3 is 2.38 bits per heavy atom. The number of carboxylic acids is 2. The highest BCUT2D eigenvalue weighted by Gasteiger charge is 2.64. The smallest absolute Gasteiger partial charge is 0.327 e. The second-order valence-corrected chi connectivity index (χ2v) is 9.28. The molecule has 1 aromatic carbocycles. The van der Waals surface area contributed by atoms with Gasteiger partial charge in [-0.2, -0.15) is 0 Å². The zero-order valence-corrected chi connectivity index (χ0v) is 16.9. The maximum atomic E-state index is 12.5.